The van der Waals surface area contributed by atoms with Crippen LogP contribution in [0, 0.1) is 0 Å². The van der Waals surface area contributed by atoms with Crippen LogP contribution in [0.2, 0.25) is 0 Å². The highest BCUT2D eigenvalue weighted by Gasteiger charge is 2.28. The minimum atomic E-state index is -0.336. The smallest absolute Gasteiger partial charge is 0.407 e. The van der Waals surface area contributed by atoms with E-state index in [-0.39, 0.29) is 18.6 Å². The first-order chi connectivity index (χ1) is 13.3. The molecule has 4 heteroatoms. The highest BCUT2D eigenvalue weighted by Crippen LogP contribution is 2.44. The normalized spacial score (nSPS) is 12.5. The summed E-state index contributed by atoms with van der Waals surface area (Å²) in [7, 11) is 0. The van der Waals surface area contributed by atoms with Crippen molar-refractivity contribution in [2.24, 2.45) is 0 Å². The highest BCUT2D eigenvalue weighted by atomic mass is 16.5. The third-order valence-electron chi connectivity index (χ3n) is 5.20. The Bertz CT molecular complexity index is 698. The minimum absolute atomic E-state index is 0.106. The zero-order valence-electron chi connectivity index (χ0n) is 15.8. The van der Waals surface area contributed by atoms with Crippen molar-refractivity contribution in [3.63, 3.8) is 0 Å². The van der Waals surface area contributed by atoms with Crippen LogP contribution in [-0.4, -0.2) is 31.0 Å². The number of amides is 1. The number of fused-ring (bicyclic) bond motifs is 3. The Morgan fingerprint density at radius 2 is 1.41 bits per heavy atom. The summed E-state index contributed by atoms with van der Waals surface area (Å²) >= 11 is 0. The molecule has 0 atom stereocenters. The topological polar surface area (TPSA) is 58.6 Å². The Morgan fingerprint density at radius 1 is 0.852 bits per heavy atom. The standard InChI is InChI=1S/C23H29NO3/c25-16-10-4-2-1-3-9-15-24-23(26)27-17-22-20-13-7-5-11-18(20)19-12-6-8-14-21(19)22/h5-8,11-14,22,25H,1-4,9-10,15-17H2,(H,24,26). The molecule has 4 nitrogen and oxygen atoms in total. The first-order valence-corrected chi connectivity index (χ1v) is 10.0. The summed E-state index contributed by atoms with van der Waals surface area (Å²) in [5.74, 6) is 0.106. The summed E-state index contributed by atoms with van der Waals surface area (Å²) in [4.78, 5) is 12.0. The van der Waals surface area contributed by atoms with Crippen LogP contribution in [0.4, 0.5) is 4.79 Å². The van der Waals surface area contributed by atoms with Crippen molar-refractivity contribution in [1.29, 1.82) is 0 Å². The molecule has 0 aliphatic heterocycles. The van der Waals surface area contributed by atoms with E-state index in [0.717, 1.165) is 38.5 Å². The Morgan fingerprint density at radius 3 is 2.04 bits per heavy atom. The molecular formula is C23H29NO3. The Kier molecular flexibility index (Phi) is 7.28. The van der Waals surface area contributed by atoms with Gasteiger partial charge in [-0.25, -0.2) is 4.79 Å². The predicted octanol–water partition coefficient (Wildman–Crippen LogP) is 4.86. The number of nitrogens with one attached hydrogen (secondary N) is 1. The number of carbonyl (C=O) groups excluding carboxylic acids is 1. The number of unbranched alkanes of at least 4 members (excludes halogenated alkanes) is 5. The van der Waals surface area contributed by atoms with Crippen LogP contribution in [0.25, 0.3) is 11.1 Å². The van der Waals surface area contributed by atoms with E-state index < -0.39 is 0 Å². The number of alkyl carbamates (subject to hydrolysis) is 1. The molecule has 2 aromatic rings. The van der Waals surface area contributed by atoms with Gasteiger partial charge in [-0.1, -0.05) is 74.2 Å². The minimum Gasteiger partial charge on any atom is -0.449 e. The first kappa shape index (κ1) is 19.4. The summed E-state index contributed by atoms with van der Waals surface area (Å²) in [6.07, 6.45) is 5.97. The molecule has 2 aromatic carbocycles. The number of ether oxygens (including phenoxy) is 1. The quantitative estimate of drug-likeness (QED) is 0.590. The second-order valence-electron chi connectivity index (χ2n) is 7.10. The predicted molar refractivity (Wildman–Crippen MR) is 108 cm³/mol. The van der Waals surface area contributed by atoms with Crippen molar-refractivity contribution < 1.29 is 14.6 Å². The fourth-order valence-corrected chi connectivity index (χ4v) is 3.78. The van der Waals surface area contributed by atoms with E-state index in [1.807, 2.05) is 12.1 Å². The Labute approximate surface area is 161 Å². The van der Waals surface area contributed by atoms with Gasteiger partial charge in [0.2, 0.25) is 0 Å². The number of carbonyl (C=O) groups is 1. The van der Waals surface area contributed by atoms with Gasteiger partial charge in [-0.15, -0.1) is 0 Å². The molecule has 0 aromatic heterocycles. The van der Waals surface area contributed by atoms with Gasteiger partial charge < -0.3 is 15.2 Å². The third kappa shape index (κ3) is 5.10. The zero-order chi connectivity index (χ0) is 18.9. The average Bonchev–Trinajstić information content (AvgIpc) is 3.02. The van der Waals surface area contributed by atoms with E-state index in [2.05, 4.69) is 41.7 Å². The average molecular weight is 367 g/mol. The molecule has 0 saturated heterocycles. The van der Waals surface area contributed by atoms with Gasteiger partial charge in [-0.2, -0.15) is 0 Å². The van der Waals surface area contributed by atoms with Crippen molar-refractivity contribution in [3.8, 4) is 11.1 Å². The van der Waals surface area contributed by atoms with Gasteiger partial charge in [0.05, 0.1) is 0 Å². The van der Waals surface area contributed by atoms with Crippen molar-refractivity contribution in [2.45, 2.75) is 44.4 Å². The van der Waals surface area contributed by atoms with Crippen LogP contribution in [0.3, 0.4) is 0 Å². The molecule has 1 aliphatic carbocycles. The van der Waals surface area contributed by atoms with E-state index >= 15 is 0 Å². The van der Waals surface area contributed by atoms with Gasteiger partial charge >= 0.3 is 6.09 Å². The molecule has 1 aliphatic rings. The molecule has 1 amide bonds. The molecule has 0 fully saturated rings. The maximum absolute atomic E-state index is 12.0. The number of rotatable bonds is 10. The lowest BCUT2D eigenvalue weighted by molar-refractivity contribution is 0.143. The molecule has 0 heterocycles. The summed E-state index contributed by atoms with van der Waals surface area (Å²) in [6, 6.07) is 16.7. The SMILES string of the molecule is O=C(NCCCCCCCCO)OCC1c2ccccc2-c2ccccc21. The molecule has 3 rings (SSSR count). The maximum atomic E-state index is 12.0. The Hall–Kier alpha value is -2.33. The van der Waals surface area contributed by atoms with E-state index in [1.165, 1.54) is 22.3 Å². The summed E-state index contributed by atoms with van der Waals surface area (Å²) in [6.45, 7) is 1.29. The van der Waals surface area contributed by atoms with Crippen LogP contribution in [0.1, 0.15) is 55.6 Å². The maximum Gasteiger partial charge on any atom is 0.407 e. The molecule has 0 bridgehead atoms. The zero-order valence-corrected chi connectivity index (χ0v) is 15.8. The second kappa shape index (κ2) is 10.1. The lowest BCUT2D eigenvalue weighted by Crippen LogP contribution is -2.27. The van der Waals surface area contributed by atoms with Crippen molar-refractivity contribution in [3.05, 3.63) is 59.7 Å². The summed E-state index contributed by atoms with van der Waals surface area (Å²) in [5.41, 5.74) is 4.94. The summed E-state index contributed by atoms with van der Waals surface area (Å²) in [5, 5.41) is 11.6. The van der Waals surface area contributed by atoms with E-state index in [4.69, 9.17) is 9.84 Å². The highest BCUT2D eigenvalue weighted by molar-refractivity contribution is 5.79. The van der Waals surface area contributed by atoms with Gasteiger partial charge in [0.25, 0.3) is 0 Å². The van der Waals surface area contributed by atoms with Crippen molar-refractivity contribution >= 4 is 6.09 Å². The second-order valence-corrected chi connectivity index (χ2v) is 7.10. The molecule has 0 spiro atoms. The first-order valence-electron chi connectivity index (χ1n) is 10.0. The largest absolute Gasteiger partial charge is 0.449 e. The van der Waals surface area contributed by atoms with E-state index in [9.17, 15) is 4.79 Å². The monoisotopic (exact) mass is 367 g/mol. The lowest BCUT2D eigenvalue weighted by atomic mass is 9.98. The van der Waals surface area contributed by atoms with Crippen LogP contribution in [0.5, 0.6) is 0 Å². The molecular weight excluding hydrogens is 338 g/mol. The van der Waals surface area contributed by atoms with Gasteiger partial charge in [-0.3, -0.25) is 0 Å². The van der Waals surface area contributed by atoms with Crippen LogP contribution in [-0.2, 0) is 4.74 Å². The van der Waals surface area contributed by atoms with Crippen LogP contribution in [0.15, 0.2) is 48.5 Å². The number of aliphatic hydroxyl groups is 1. The number of aliphatic hydroxyl groups excluding tert-OH is 1. The van der Waals surface area contributed by atoms with Gasteiger partial charge in [0.1, 0.15) is 6.61 Å². The summed E-state index contributed by atoms with van der Waals surface area (Å²) < 4.78 is 5.52. The molecule has 0 radical (unpaired) electrons. The van der Waals surface area contributed by atoms with Gasteiger partial charge in [0.15, 0.2) is 0 Å². The van der Waals surface area contributed by atoms with E-state index in [1.54, 1.807) is 0 Å². The molecule has 0 saturated carbocycles. The van der Waals surface area contributed by atoms with E-state index in [0.29, 0.717) is 13.2 Å². The van der Waals surface area contributed by atoms with Crippen molar-refractivity contribution in [2.75, 3.05) is 19.8 Å². The fourth-order valence-electron chi connectivity index (χ4n) is 3.78. The fraction of sp³-hybridized carbons (Fsp3) is 0.435. The van der Waals surface area contributed by atoms with Gasteiger partial charge in [0, 0.05) is 19.1 Å². The number of benzene rings is 2. The van der Waals surface area contributed by atoms with Crippen molar-refractivity contribution in [1.82, 2.24) is 5.32 Å². The number of hydrogen-bond donors (Lipinski definition) is 2. The van der Waals surface area contributed by atoms with Gasteiger partial charge in [-0.05, 0) is 35.1 Å². The molecule has 144 valence electrons. The number of hydrogen-bond acceptors (Lipinski definition) is 3. The third-order valence-corrected chi connectivity index (χ3v) is 5.20. The van der Waals surface area contributed by atoms with Crippen LogP contribution >= 0.6 is 0 Å². The molecule has 2 N–H and O–H groups in total. The Balaban J connectivity index is 1.42. The molecule has 0 unspecified atom stereocenters. The van der Waals surface area contributed by atoms with Crippen LogP contribution < -0.4 is 5.32 Å². The molecule has 27 heavy (non-hydrogen) atoms. The lowest BCUT2D eigenvalue weighted by Gasteiger charge is -2.14.